The molecule has 0 unspecified atom stereocenters. The fraction of sp³-hybridized carbons (Fsp3) is 0.150. The summed E-state index contributed by atoms with van der Waals surface area (Å²) < 4.78 is 0. The molecule has 6 heteroatoms. The molecule has 0 bridgehead atoms. The number of imide groups is 2. The number of carbonyl (C=O) groups excluding carboxylic acids is 3. The number of nitrogens with one attached hydrogen (secondary N) is 2. The van der Waals surface area contributed by atoms with E-state index in [1.165, 1.54) is 17.2 Å². The molecular formula is C20H17N3O3. The topological polar surface area (TPSA) is 78.5 Å². The fourth-order valence-electron chi connectivity index (χ4n) is 3.30. The number of anilines is 1. The van der Waals surface area contributed by atoms with Crippen LogP contribution in [-0.4, -0.2) is 17.8 Å². The van der Waals surface area contributed by atoms with Gasteiger partial charge in [0.2, 0.25) is 0 Å². The zero-order valence-corrected chi connectivity index (χ0v) is 14.2. The summed E-state index contributed by atoms with van der Waals surface area (Å²) in [5.74, 6) is -1.37. The Morgan fingerprint density at radius 1 is 0.923 bits per heavy atom. The predicted molar refractivity (Wildman–Crippen MR) is 97.2 cm³/mol. The van der Waals surface area contributed by atoms with Gasteiger partial charge in [-0.05, 0) is 47.4 Å². The van der Waals surface area contributed by atoms with Crippen molar-refractivity contribution in [2.45, 2.75) is 20.0 Å². The molecule has 0 atom stereocenters. The number of benzene rings is 2. The molecule has 130 valence electrons. The van der Waals surface area contributed by atoms with Crippen LogP contribution in [0.2, 0.25) is 0 Å². The van der Waals surface area contributed by atoms with Crippen molar-refractivity contribution < 1.29 is 14.4 Å². The summed E-state index contributed by atoms with van der Waals surface area (Å²) in [5, 5.41) is 4.16. The van der Waals surface area contributed by atoms with E-state index in [-0.39, 0.29) is 5.57 Å². The first-order chi connectivity index (χ1) is 12.5. The van der Waals surface area contributed by atoms with Gasteiger partial charge in [0.25, 0.3) is 11.8 Å². The van der Waals surface area contributed by atoms with E-state index >= 15 is 0 Å². The molecular weight excluding hydrogens is 330 g/mol. The Balaban J connectivity index is 1.59. The minimum Gasteiger partial charge on any atom is -0.363 e. The maximum atomic E-state index is 11.9. The molecule has 0 radical (unpaired) electrons. The number of aryl methyl sites for hydroxylation is 1. The highest BCUT2D eigenvalue weighted by Crippen LogP contribution is 2.29. The molecule has 0 spiro atoms. The molecule has 1 saturated heterocycles. The van der Waals surface area contributed by atoms with Crippen LogP contribution in [0.25, 0.3) is 6.08 Å². The van der Waals surface area contributed by atoms with E-state index in [4.69, 9.17) is 0 Å². The predicted octanol–water partition coefficient (Wildman–Crippen LogP) is 2.26. The van der Waals surface area contributed by atoms with Crippen LogP contribution in [0.3, 0.4) is 0 Å². The van der Waals surface area contributed by atoms with Crippen LogP contribution in [0.4, 0.5) is 10.5 Å². The Kier molecular flexibility index (Phi) is 3.80. The average molecular weight is 347 g/mol. The number of amides is 4. The van der Waals surface area contributed by atoms with Crippen molar-refractivity contribution in [3.63, 3.8) is 0 Å². The molecule has 2 aromatic rings. The largest absolute Gasteiger partial charge is 0.363 e. The Hall–Kier alpha value is -3.41. The van der Waals surface area contributed by atoms with Gasteiger partial charge in [0.1, 0.15) is 5.57 Å². The van der Waals surface area contributed by atoms with Gasteiger partial charge in [0.05, 0.1) is 0 Å². The highest BCUT2D eigenvalue weighted by Gasteiger charge is 2.28. The van der Waals surface area contributed by atoms with Crippen LogP contribution >= 0.6 is 0 Å². The number of hydrogen-bond acceptors (Lipinski definition) is 4. The van der Waals surface area contributed by atoms with Crippen LogP contribution in [0.15, 0.2) is 48.0 Å². The van der Waals surface area contributed by atoms with Gasteiger partial charge >= 0.3 is 6.03 Å². The summed E-state index contributed by atoms with van der Waals surface area (Å²) in [5.41, 5.74) is 5.39. The average Bonchev–Trinajstić information content (AvgIpc) is 3.03. The van der Waals surface area contributed by atoms with E-state index in [0.717, 1.165) is 29.9 Å². The number of carbonyl (C=O) groups is 3. The molecule has 26 heavy (non-hydrogen) atoms. The number of fused-ring (bicyclic) bond motifs is 1. The third kappa shape index (κ3) is 2.86. The lowest BCUT2D eigenvalue weighted by Gasteiger charge is -2.19. The minimum atomic E-state index is -0.794. The smallest absolute Gasteiger partial charge is 0.328 e. The number of urea groups is 1. The SMILES string of the molecule is Cc1cc(N2Cc3ccccc3C2)ccc1C=C1C(=O)NC(=O)NC1=O. The lowest BCUT2D eigenvalue weighted by atomic mass is 10.0. The Morgan fingerprint density at radius 2 is 1.54 bits per heavy atom. The normalized spacial score (nSPS) is 16.3. The Labute approximate surface area is 150 Å². The zero-order chi connectivity index (χ0) is 18.3. The molecule has 2 heterocycles. The molecule has 4 rings (SSSR count). The molecule has 4 amide bonds. The van der Waals surface area contributed by atoms with E-state index in [9.17, 15) is 14.4 Å². The molecule has 2 N–H and O–H groups in total. The molecule has 0 aromatic heterocycles. The van der Waals surface area contributed by atoms with Crippen molar-refractivity contribution in [2.75, 3.05) is 4.90 Å². The second kappa shape index (κ2) is 6.15. The van der Waals surface area contributed by atoms with Gasteiger partial charge in [-0.1, -0.05) is 30.3 Å². The zero-order valence-electron chi connectivity index (χ0n) is 14.2. The molecule has 2 aromatic carbocycles. The molecule has 1 fully saturated rings. The van der Waals surface area contributed by atoms with Gasteiger partial charge in [-0.15, -0.1) is 0 Å². The van der Waals surface area contributed by atoms with E-state index in [1.54, 1.807) is 0 Å². The Bertz CT molecular complexity index is 931. The van der Waals surface area contributed by atoms with Gasteiger partial charge < -0.3 is 4.90 Å². The van der Waals surface area contributed by atoms with Crippen molar-refractivity contribution in [1.29, 1.82) is 0 Å². The van der Waals surface area contributed by atoms with E-state index in [1.807, 2.05) is 37.3 Å². The summed E-state index contributed by atoms with van der Waals surface area (Å²) in [7, 11) is 0. The maximum absolute atomic E-state index is 11.9. The summed E-state index contributed by atoms with van der Waals surface area (Å²) in [6.45, 7) is 3.66. The lowest BCUT2D eigenvalue weighted by molar-refractivity contribution is -0.123. The standard InChI is InChI=1S/C20H17N3O3/c1-12-8-16(23-10-14-4-2-3-5-15(14)11-23)7-6-13(12)9-17-18(24)21-20(26)22-19(17)25/h2-9H,10-11H2,1H3,(H2,21,22,24,25,26). The third-order valence-electron chi connectivity index (χ3n) is 4.70. The van der Waals surface area contributed by atoms with Gasteiger partial charge in [-0.2, -0.15) is 0 Å². The molecule has 0 saturated carbocycles. The number of hydrogen-bond donors (Lipinski definition) is 2. The number of nitrogens with zero attached hydrogens (tertiary/aromatic N) is 1. The van der Waals surface area contributed by atoms with Crippen LogP contribution in [0.5, 0.6) is 0 Å². The van der Waals surface area contributed by atoms with Crippen molar-refractivity contribution in [1.82, 2.24) is 10.6 Å². The van der Waals surface area contributed by atoms with Crippen LogP contribution in [-0.2, 0) is 22.7 Å². The van der Waals surface area contributed by atoms with Gasteiger partial charge in [0, 0.05) is 18.8 Å². The summed E-state index contributed by atoms with van der Waals surface area (Å²) >= 11 is 0. The van der Waals surface area contributed by atoms with Crippen molar-refractivity contribution in [3.05, 3.63) is 70.3 Å². The van der Waals surface area contributed by atoms with Crippen LogP contribution < -0.4 is 15.5 Å². The van der Waals surface area contributed by atoms with E-state index in [2.05, 4.69) is 27.7 Å². The highest BCUT2D eigenvalue weighted by atomic mass is 16.2. The van der Waals surface area contributed by atoms with E-state index in [0.29, 0.717) is 0 Å². The fourth-order valence-corrected chi connectivity index (χ4v) is 3.30. The maximum Gasteiger partial charge on any atom is 0.328 e. The first-order valence-corrected chi connectivity index (χ1v) is 8.32. The monoisotopic (exact) mass is 347 g/mol. The molecule has 0 aliphatic carbocycles. The van der Waals surface area contributed by atoms with Crippen molar-refractivity contribution >= 4 is 29.6 Å². The van der Waals surface area contributed by atoms with Crippen molar-refractivity contribution in [2.24, 2.45) is 0 Å². The first-order valence-electron chi connectivity index (χ1n) is 8.32. The number of rotatable bonds is 2. The number of barbiturate groups is 1. The highest BCUT2D eigenvalue weighted by molar-refractivity contribution is 6.31. The van der Waals surface area contributed by atoms with Gasteiger partial charge in [-0.3, -0.25) is 20.2 Å². The quantitative estimate of drug-likeness (QED) is 0.645. The first kappa shape index (κ1) is 16.1. The van der Waals surface area contributed by atoms with E-state index < -0.39 is 17.8 Å². The van der Waals surface area contributed by atoms with Crippen molar-refractivity contribution in [3.8, 4) is 0 Å². The van der Waals surface area contributed by atoms with Crippen LogP contribution in [0.1, 0.15) is 22.3 Å². The molecule has 2 aliphatic rings. The Morgan fingerprint density at radius 3 is 2.12 bits per heavy atom. The van der Waals surface area contributed by atoms with Gasteiger partial charge in [0.15, 0.2) is 0 Å². The van der Waals surface area contributed by atoms with Gasteiger partial charge in [-0.25, -0.2) is 4.79 Å². The molecule has 6 nitrogen and oxygen atoms in total. The van der Waals surface area contributed by atoms with Crippen LogP contribution in [0, 0.1) is 6.92 Å². The second-order valence-corrected chi connectivity index (χ2v) is 6.46. The second-order valence-electron chi connectivity index (χ2n) is 6.46. The lowest BCUT2D eigenvalue weighted by Crippen LogP contribution is -2.51. The molecule has 2 aliphatic heterocycles. The third-order valence-corrected chi connectivity index (χ3v) is 4.70. The minimum absolute atomic E-state index is 0.0750. The summed E-state index contributed by atoms with van der Waals surface area (Å²) in [6, 6.07) is 13.5. The summed E-state index contributed by atoms with van der Waals surface area (Å²) in [4.78, 5) is 37.1. The summed E-state index contributed by atoms with van der Waals surface area (Å²) in [6.07, 6.45) is 1.51.